The molecule has 27 heavy (non-hydrogen) atoms. The van der Waals surface area contributed by atoms with Gasteiger partial charge in [0.2, 0.25) is 0 Å². The van der Waals surface area contributed by atoms with Crippen molar-refractivity contribution in [1.82, 2.24) is 4.90 Å². The molecule has 1 aromatic carbocycles. The molecule has 1 saturated heterocycles. The van der Waals surface area contributed by atoms with Crippen LogP contribution in [-0.2, 0) is 14.8 Å². The predicted molar refractivity (Wildman–Crippen MR) is 105 cm³/mol. The van der Waals surface area contributed by atoms with Crippen LogP contribution in [0, 0.1) is 5.92 Å². The number of ether oxygens (including phenoxy) is 2. The van der Waals surface area contributed by atoms with Gasteiger partial charge in [0, 0.05) is 31.5 Å². The highest BCUT2D eigenvalue weighted by Gasteiger charge is 2.28. The molecule has 0 amide bonds. The first-order chi connectivity index (χ1) is 13.0. The molecular formula is C19H21ClN2O4S. The number of hydrogen-bond donors (Lipinski definition) is 0. The fraction of sp³-hybridized carbons (Fsp3) is 0.421. The summed E-state index contributed by atoms with van der Waals surface area (Å²) in [6, 6.07) is 7.60. The fourth-order valence-corrected chi connectivity index (χ4v) is 4.55. The second kappa shape index (κ2) is 7.66. The summed E-state index contributed by atoms with van der Waals surface area (Å²) in [6.45, 7) is 2.63. The summed E-state index contributed by atoms with van der Waals surface area (Å²) >= 11 is 6.22. The Balaban J connectivity index is 1.52. The number of amidine groups is 1. The lowest BCUT2D eigenvalue weighted by Gasteiger charge is -2.30. The van der Waals surface area contributed by atoms with Crippen LogP contribution in [0.2, 0.25) is 0 Å². The van der Waals surface area contributed by atoms with E-state index in [0.29, 0.717) is 35.5 Å². The summed E-state index contributed by atoms with van der Waals surface area (Å²) in [5.41, 5.74) is 1.54. The number of fused-ring (bicyclic) bond motifs is 1. The fourth-order valence-electron chi connectivity index (χ4n) is 3.34. The van der Waals surface area contributed by atoms with E-state index < -0.39 is 10.0 Å². The van der Waals surface area contributed by atoms with Crippen LogP contribution in [0.25, 0.3) is 5.57 Å². The van der Waals surface area contributed by atoms with Crippen LogP contribution in [0.1, 0.15) is 18.4 Å². The Morgan fingerprint density at radius 1 is 1.22 bits per heavy atom. The zero-order valence-corrected chi connectivity index (χ0v) is 16.4. The first-order valence-corrected chi connectivity index (χ1v) is 11.0. The van der Waals surface area contributed by atoms with Crippen molar-refractivity contribution in [3.63, 3.8) is 0 Å². The molecule has 0 atom stereocenters. The Hall–Kier alpha value is -1.83. The van der Waals surface area contributed by atoms with Crippen LogP contribution in [0.4, 0.5) is 0 Å². The van der Waals surface area contributed by atoms with Gasteiger partial charge in [-0.1, -0.05) is 23.7 Å². The standard InChI is InChI=1S/C19H21ClN2O4S/c20-16-11-18(19-21-27(23,24)10-7-22(19)12-16)15-1-3-17(4-2-15)26-13-14-5-8-25-9-6-14/h1-4,11-12,14H,5-10,13H2. The van der Waals surface area contributed by atoms with E-state index in [-0.39, 0.29) is 5.75 Å². The SMILES string of the molecule is O=S1(=O)CCN2C=C(Cl)C=C(c3ccc(OCC4CCOCC4)cc3)C2=N1. The van der Waals surface area contributed by atoms with Crippen molar-refractivity contribution in [2.24, 2.45) is 10.3 Å². The molecule has 1 fully saturated rings. The van der Waals surface area contributed by atoms with Crippen LogP contribution in [0.15, 0.2) is 46.0 Å². The monoisotopic (exact) mass is 408 g/mol. The van der Waals surface area contributed by atoms with Gasteiger partial charge in [0.15, 0.2) is 5.84 Å². The number of benzene rings is 1. The van der Waals surface area contributed by atoms with Crippen LogP contribution in [0.3, 0.4) is 0 Å². The van der Waals surface area contributed by atoms with E-state index >= 15 is 0 Å². The van der Waals surface area contributed by atoms with Crippen molar-refractivity contribution >= 4 is 33.0 Å². The maximum Gasteiger partial charge on any atom is 0.256 e. The number of nitrogens with zero attached hydrogens (tertiary/aromatic N) is 2. The molecule has 0 aromatic heterocycles. The lowest BCUT2D eigenvalue weighted by atomic mass is 10.0. The Labute approximate surface area is 164 Å². The van der Waals surface area contributed by atoms with Crippen molar-refractivity contribution in [1.29, 1.82) is 0 Å². The van der Waals surface area contributed by atoms with E-state index in [4.69, 9.17) is 21.1 Å². The van der Waals surface area contributed by atoms with Gasteiger partial charge in [0.25, 0.3) is 10.0 Å². The van der Waals surface area contributed by atoms with Crippen molar-refractivity contribution < 1.29 is 17.9 Å². The third-order valence-corrected chi connectivity index (χ3v) is 6.24. The Kier molecular flexibility index (Phi) is 5.25. The zero-order valence-electron chi connectivity index (χ0n) is 14.8. The van der Waals surface area contributed by atoms with Crippen molar-refractivity contribution in [2.45, 2.75) is 12.8 Å². The topological polar surface area (TPSA) is 68.2 Å². The summed E-state index contributed by atoms with van der Waals surface area (Å²) in [5.74, 6) is 1.72. The predicted octanol–water partition coefficient (Wildman–Crippen LogP) is 3.01. The van der Waals surface area contributed by atoms with Gasteiger partial charge in [-0.25, -0.2) is 8.42 Å². The zero-order chi connectivity index (χ0) is 18.9. The average molecular weight is 409 g/mol. The summed E-state index contributed by atoms with van der Waals surface area (Å²) < 4.78 is 39.1. The molecule has 0 radical (unpaired) electrons. The first-order valence-electron chi connectivity index (χ1n) is 9.00. The third kappa shape index (κ3) is 4.36. The second-order valence-electron chi connectivity index (χ2n) is 6.86. The van der Waals surface area contributed by atoms with E-state index in [1.807, 2.05) is 24.3 Å². The molecule has 0 spiro atoms. The Morgan fingerprint density at radius 2 is 1.96 bits per heavy atom. The van der Waals surface area contributed by atoms with Crippen LogP contribution >= 0.6 is 11.6 Å². The van der Waals surface area contributed by atoms with Crippen LogP contribution in [-0.4, -0.2) is 51.3 Å². The first kappa shape index (κ1) is 18.5. The lowest BCUT2D eigenvalue weighted by Crippen LogP contribution is -2.38. The van der Waals surface area contributed by atoms with Gasteiger partial charge in [0.1, 0.15) is 5.75 Å². The number of allylic oxidation sites excluding steroid dienone is 2. The highest BCUT2D eigenvalue weighted by molar-refractivity contribution is 7.90. The molecule has 0 N–H and O–H groups in total. The van der Waals surface area contributed by atoms with Crippen LogP contribution < -0.4 is 4.74 Å². The van der Waals surface area contributed by atoms with Crippen molar-refractivity contribution in [2.75, 3.05) is 32.1 Å². The molecule has 4 rings (SSSR count). The maximum absolute atomic E-state index is 11.9. The van der Waals surface area contributed by atoms with E-state index in [0.717, 1.165) is 37.4 Å². The maximum atomic E-state index is 11.9. The number of hydrogen-bond acceptors (Lipinski definition) is 5. The van der Waals surface area contributed by atoms with Crippen LogP contribution in [0.5, 0.6) is 5.75 Å². The minimum atomic E-state index is -3.44. The smallest absolute Gasteiger partial charge is 0.256 e. The molecule has 8 heteroatoms. The molecule has 0 saturated carbocycles. The van der Waals surface area contributed by atoms with Crippen molar-refractivity contribution in [3.05, 3.63) is 47.1 Å². The molecule has 0 aliphatic carbocycles. The lowest BCUT2D eigenvalue weighted by molar-refractivity contribution is 0.0497. The Bertz CT molecular complexity index is 900. The third-order valence-electron chi connectivity index (χ3n) is 4.88. The highest BCUT2D eigenvalue weighted by atomic mass is 35.5. The van der Waals surface area contributed by atoms with Gasteiger partial charge in [-0.05, 0) is 42.5 Å². The van der Waals surface area contributed by atoms with E-state index in [1.54, 1.807) is 17.2 Å². The number of sulfonamides is 1. The molecule has 3 aliphatic rings. The normalized spacial score (nSPS) is 22.4. The van der Waals surface area contributed by atoms with Gasteiger partial charge >= 0.3 is 0 Å². The molecule has 0 bridgehead atoms. The molecule has 6 nitrogen and oxygen atoms in total. The van der Waals surface area contributed by atoms with E-state index in [2.05, 4.69) is 4.40 Å². The van der Waals surface area contributed by atoms with Crippen molar-refractivity contribution in [3.8, 4) is 5.75 Å². The largest absolute Gasteiger partial charge is 0.493 e. The summed E-state index contributed by atoms with van der Waals surface area (Å²) in [5, 5.41) is 0.545. The van der Waals surface area contributed by atoms with Gasteiger partial charge in [0.05, 0.1) is 17.4 Å². The quantitative estimate of drug-likeness (QED) is 0.766. The second-order valence-corrected chi connectivity index (χ2v) is 9.05. The minimum absolute atomic E-state index is 0.0105. The molecule has 1 aromatic rings. The van der Waals surface area contributed by atoms with Gasteiger partial charge < -0.3 is 14.4 Å². The summed E-state index contributed by atoms with van der Waals surface area (Å²) in [4.78, 5) is 1.79. The summed E-state index contributed by atoms with van der Waals surface area (Å²) in [7, 11) is -3.44. The molecule has 3 aliphatic heterocycles. The molecule has 0 unspecified atom stereocenters. The molecule has 3 heterocycles. The van der Waals surface area contributed by atoms with E-state index in [1.165, 1.54) is 0 Å². The van der Waals surface area contributed by atoms with Gasteiger partial charge in [-0.2, -0.15) is 0 Å². The van der Waals surface area contributed by atoms with E-state index in [9.17, 15) is 8.42 Å². The highest BCUT2D eigenvalue weighted by Crippen LogP contribution is 2.30. The van der Waals surface area contributed by atoms with Gasteiger partial charge in [-0.15, -0.1) is 4.40 Å². The summed E-state index contributed by atoms with van der Waals surface area (Å²) in [6.07, 6.45) is 5.51. The number of halogens is 1. The average Bonchev–Trinajstić information content (AvgIpc) is 2.67. The molecular weight excluding hydrogens is 388 g/mol. The Morgan fingerprint density at radius 3 is 2.70 bits per heavy atom. The molecule has 144 valence electrons. The number of rotatable bonds is 4. The minimum Gasteiger partial charge on any atom is -0.493 e. The van der Waals surface area contributed by atoms with Gasteiger partial charge in [-0.3, -0.25) is 0 Å².